The Morgan fingerprint density at radius 1 is 0.864 bits per heavy atom. The van der Waals surface area contributed by atoms with Crippen molar-refractivity contribution in [2.45, 2.75) is 130 Å². The third kappa shape index (κ3) is 15.3. The lowest BCUT2D eigenvalue weighted by atomic mass is 9.88. The number of anilines is 1. The van der Waals surface area contributed by atoms with E-state index in [1.54, 1.807) is 13.8 Å². The number of amides is 4. The second-order valence-electron chi connectivity index (χ2n) is 17.4. The molecular weight excluding hydrogens is 843 g/mol. The van der Waals surface area contributed by atoms with Gasteiger partial charge in [-0.05, 0) is 67.5 Å². The molecule has 2 heterocycles. The number of carbonyl (C=O) groups is 5. The number of unbranched alkanes of at least 4 members (excludes halogenated alkanes) is 3. The summed E-state index contributed by atoms with van der Waals surface area (Å²) >= 11 is 0. The van der Waals surface area contributed by atoms with Crippen LogP contribution in [0.5, 0.6) is 0 Å². The number of azide groups is 1. The highest BCUT2D eigenvalue weighted by molar-refractivity contribution is 6.08. The van der Waals surface area contributed by atoms with E-state index in [1.165, 1.54) is 0 Å². The number of nitrogens with one attached hydrogen (secondary N) is 6. The molecular formula is C47H67N13O6. The number of benzene rings is 2. The van der Waals surface area contributed by atoms with Crippen molar-refractivity contribution in [1.29, 1.82) is 5.41 Å². The maximum atomic E-state index is 14.2. The number of Topliss-reactive ketones (excluding diaryl/α,β-unsaturated/α-hetero) is 1. The summed E-state index contributed by atoms with van der Waals surface area (Å²) in [6.45, 7) is 9.24. The molecule has 2 aromatic heterocycles. The van der Waals surface area contributed by atoms with Crippen LogP contribution in [0.3, 0.4) is 0 Å². The largest absolute Gasteiger partial charge is 0.394 e. The topological polar surface area (TPSA) is 295 Å². The number of aromatic nitrogens is 3. The Hall–Kier alpha value is -6.59. The van der Waals surface area contributed by atoms with E-state index in [9.17, 15) is 29.1 Å². The van der Waals surface area contributed by atoms with Crippen molar-refractivity contribution >= 4 is 63.0 Å². The number of imidazole rings is 1. The molecule has 0 saturated carbocycles. The molecule has 4 amide bonds. The number of hydrogen-bond donors (Lipinski definition) is 8. The minimum absolute atomic E-state index is 0.00332. The zero-order valence-electron chi connectivity index (χ0n) is 38.8. The molecule has 0 fully saturated rings. The quantitative estimate of drug-likeness (QED) is 0.00478. The van der Waals surface area contributed by atoms with Gasteiger partial charge in [-0.25, -0.2) is 9.97 Å². The van der Waals surface area contributed by atoms with Gasteiger partial charge < -0.3 is 31.4 Å². The maximum absolute atomic E-state index is 14.2. The smallest absolute Gasteiger partial charge is 0.260 e. The number of nitrogens with two attached hydrogens (primary N) is 1. The van der Waals surface area contributed by atoms with Crippen LogP contribution in [-0.2, 0) is 36.9 Å². The van der Waals surface area contributed by atoms with Crippen molar-refractivity contribution in [2.24, 2.45) is 28.6 Å². The van der Waals surface area contributed by atoms with E-state index >= 15 is 0 Å². The van der Waals surface area contributed by atoms with Gasteiger partial charge in [0.15, 0.2) is 11.6 Å². The first-order valence-electron chi connectivity index (χ1n) is 22.9. The van der Waals surface area contributed by atoms with E-state index in [0.717, 1.165) is 41.6 Å². The molecule has 0 bridgehead atoms. The Kier molecular flexibility index (Phi) is 20.8. The third-order valence-corrected chi connectivity index (χ3v) is 11.2. The predicted molar refractivity (Wildman–Crippen MR) is 255 cm³/mol. The molecule has 9 N–H and O–H groups in total. The van der Waals surface area contributed by atoms with Gasteiger partial charge in [0.25, 0.3) is 5.91 Å². The molecule has 4 aromatic rings. The lowest BCUT2D eigenvalue weighted by Crippen LogP contribution is -2.57. The van der Waals surface area contributed by atoms with Crippen LogP contribution in [0.25, 0.3) is 32.4 Å². The monoisotopic (exact) mass is 910 g/mol. The summed E-state index contributed by atoms with van der Waals surface area (Å²) in [6, 6.07) is 14.2. The normalized spacial score (nSPS) is 13.1. The van der Waals surface area contributed by atoms with Gasteiger partial charge in [-0.15, -0.1) is 0 Å². The Bertz CT molecular complexity index is 2330. The Morgan fingerprint density at radius 3 is 2.24 bits per heavy atom. The van der Waals surface area contributed by atoms with E-state index in [0.29, 0.717) is 55.5 Å². The Balaban J connectivity index is 1.58. The predicted octanol–water partition coefficient (Wildman–Crippen LogP) is 5.73. The zero-order chi connectivity index (χ0) is 48.2. The summed E-state index contributed by atoms with van der Waals surface area (Å²) in [5, 5.41) is 30.2. The zero-order valence-corrected chi connectivity index (χ0v) is 38.8. The number of nitrogens with zero attached hydrogens (tertiary/aromatic N) is 6. The number of pyridine rings is 1. The molecule has 66 heavy (non-hydrogen) atoms. The molecule has 4 rings (SSSR count). The van der Waals surface area contributed by atoms with E-state index in [4.69, 9.17) is 26.6 Å². The first kappa shape index (κ1) is 52.0. The molecule has 4 atom stereocenters. The lowest BCUT2D eigenvalue weighted by Gasteiger charge is -2.28. The molecule has 0 aliphatic carbocycles. The fraction of sp³-hybridized carbons (Fsp3) is 0.532. The number of para-hydroxylation sites is 1. The molecule has 0 aliphatic rings. The van der Waals surface area contributed by atoms with Gasteiger partial charge in [0.05, 0.1) is 29.4 Å². The van der Waals surface area contributed by atoms with Crippen molar-refractivity contribution in [2.75, 3.05) is 18.6 Å². The van der Waals surface area contributed by atoms with E-state index in [2.05, 4.69) is 60.5 Å². The van der Waals surface area contributed by atoms with Gasteiger partial charge in [-0.3, -0.25) is 40.2 Å². The van der Waals surface area contributed by atoms with Crippen molar-refractivity contribution in [3.8, 4) is 0 Å². The molecule has 4 unspecified atom stereocenters. The fourth-order valence-electron chi connectivity index (χ4n) is 7.67. The number of carbonyl (C=O) groups excluding carboxylic acids is 5. The number of hydrazine groups is 1. The minimum atomic E-state index is -1.37. The van der Waals surface area contributed by atoms with Crippen LogP contribution in [0.1, 0.15) is 110 Å². The van der Waals surface area contributed by atoms with Crippen molar-refractivity contribution in [1.82, 2.24) is 35.9 Å². The van der Waals surface area contributed by atoms with Gasteiger partial charge in [-0.1, -0.05) is 101 Å². The number of amidine groups is 1. The standard InChI is InChI=1S/C47H67N13O6/c1-6-7-23-38-55-41-42(60(38)27-31-17-9-8-10-18-31)32-19-11-12-20-34(32)53-44(41)57-58-46(65)35(21-13-14-22-37(48)49)54-47(66)40(30(4)5)56-45(64)33(26-29(2)3)43(63)36(28-61)52-39(62)24-15-16-25-51-59-50/h8-12,17-20,29-30,33,35-36,40,61H,6-7,13-16,21-28H2,1-5H3,(H3,48,49)(H,52,62)(H,53,57)(H,54,66)(H,56,64)(H,58,65). The van der Waals surface area contributed by atoms with E-state index in [-0.39, 0.29) is 37.6 Å². The van der Waals surface area contributed by atoms with Crippen LogP contribution in [0.4, 0.5) is 5.82 Å². The molecule has 2 aromatic carbocycles. The average Bonchev–Trinajstić information content (AvgIpc) is 3.65. The summed E-state index contributed by atoms with van der Waals surface area (Å²) in [4.78, 5) is 81.4. The number of aliphatic hydroxyl groups excluding tert-OH is 1. The van der Waals surface area contributed by atoms with E-state index < -0.39 is 66.0 Å². The van der Waals surface area contributed by atoms with Gasteiger partial charge in [-0.2, -0.15) is 0 Å². The molecule has 19 heteroatoms. The van der Waals surface area contributed by atoms with Crippen LogP contribution < -0.4 is 32.5 Å². The number of hydrogen-bond acceptors (Lipinski definition) is 11. The minimum Gasteiger partial charge on any atom is -0.394 e. The number of rotatable bonds is 29. The summed E-state index contributed by atoms with van der Waals surface area (Å²) < 4.78 is 2.20. The van der Waals surface area contributed by atoms with Gasteiger partial charge in [0.1, 0.15) is 29.5 Å². The molecule has 19 nitrogen and oxygen atoms in total. The Labute approximate surface area is 386 Å². The highest BCUT2D eigenvalue weighted by atomic mass is 16.3. The number of fused-ring (bicyclic) bond motifs is 3. The SMILES string of the molecule is CCCCc1nc2c(NNC(=O)C(CCCCC(=N)N)NC(=O)C(NC(=O)C(CC(C)C)C(=O)C(CO)NC(=O)CCCCN=[N+]=[N-])C(C)C)nc3ccccc3c2n1Cc1ccccc1. The molecule has 0 aliphatic heterocycles. The molecule has 0 radical (unpaired) electrons. The summed E-state index contributed by atoms with van der Waals surface area (Å²) in [7, 11) is 0. The van der Waals surface area contributed by atoms with Gasteiger partial charge in [0, 0.05) is 42.6 Å². The van der Waals surface area contributed by atoms with Gasteiger partial charge >= 0.3 is 0 Å². The van der Waals surface area contributed by atoms with Crippen LogP contribution in [0.15, 0.2) is 59.7 Å². The van der Waals surface area contributed by atoms with Crippen LogP contribution in [0, 0.1) is 23.2 Å². The number of aryl methyl sites for hydroxylation is 1. The average molecular weight is 910 g/mol. The summed E-state index contributed by atoms with van der Waals surface area (Å²) in [6.07, 6.45) is 4.92. The second kappa shape index (κ2) is 26.4. The third-order valence-electron chi connectivity index (χ3n) is 11.2. The lowest BCUT2D eigenvalue weighted by molar-refractivity contribution is -0.140. The number of aliphatic hydroxyl groups is 1. The van der Waals surface area contributed by atoms with E-state index in [1.807, 2.05) is 56.3 Å². The molecule has 356 valence electrons. The first-order valence-corrected chi connectivity index (χ1v) is 22.9. The number of ketones is 1. The maximum Gasteiger partial charge on any atom is 0.260 e. The van der Waals surface area contributed by atoms with Crippen molar-refractivity contribution < 1.29 is 29.1 Å². The van der Waals surface area contributed by atoms with Crippen LogP contribution >= 0.6 is 0 Å². The summed E-state index contributed by atoms with van der Waals surface area (Å²) in [5.41, 5.74) is 23.1. The highest BCUT2D eigenvalue weighted by Gasteiger charge is 2.37. The van der Waals surface area contributed by atoms with Gasteiger partial charge in [0.2, 0.25) is 17.7 Å². The van der Waals surface area contributed by atoms with Crippen molar-refractivity contribution in [3.05, 3.63) is 76.4 Å². The highest BCUT2D eigenvalue weighted by Crippen LogP contribution is 2.31. The van der Waals surface area contributed by atoms with Crippen molar-refractivity contribution in [3.63, 3.8) is 0 Å². The van der Waals surface area contributed by atoms with Crippen LogP contribution in [-0.4, -0.2) is 86.2 Å². The molecule has 0 spiro atoms. The second-order valence-corrected chi connectivity index (χ2v) is 17.4. The van der Waals surface area contributed by atoms with Crippen LogP contribution in [0.2, 0.25) is 0 Å². The Morgan fingerprint density at radius 2 is 1.58 bits per heavy atom. The molecule has 0 saturated heterocycles. The summed E-state index contributed by atoms with van der Waals surface area (Å²) in [5.74, 6) is -4.01. The first-order chi connectivity index (χ1) is 31.7. The fourth-order valence-corrected chi connectivity index (χ4v) is 7.67.